The lowest BCUT2D eigenvalue weighted by Gasteiger charge is -2.33. The van der Waals surface area contributed by atoms with Crippen LogP contribution in [0.3, 0.4) is 0 Å². The molecule has 0 aromatic heterocycles. The number of hydrogen-bond donors (Lipinski definition) is 0. The maximum atomic E-state index is 13.2. The number of fused-ring (bicyclic) bond motifs is 3. The van der Waals surface area contributed by atoms with Crippen LogP contribution >= 0.6 is 0 Å². The first-order valence-corrected chi connectivity index (χ1v) is 10.0. The number of aryl methyl sites for hydroxylation is 2. The molecule has 0 saturated carbocycles. The zero-order chi connectivity index (χ0) is 19.6. The summed E-state index contributed by atoms with van der Waals surface area (Å²) in [6.07, 6.45) is 3.70. The molecule has 0 bridgehead atoms. The van der Waals surface area contributed by atoms with Crippen LogP contribution in [0.5, 0.6) is 0 Å². The molecule has 1 unspecified atom stereocenters. The minimum Gasteiger partial charge on any atom is -0.446 e. The van der Waals surface area contributed by atoms with E-state index in [1.54, 1.807) is 0 Å². The molecule has 2 aromatic rings. The van der Waals surface area contributed by atoms with E-state index in [1.165, 1.54) is 0 Å². The molecule has 0 N–H and O–H groups in total. The van der Waals surface area contributed by atoms with E-state index in [-0.39, 0.29) is 36.8 Å². The number of benzene rings is 2. The summed E-state index contributed by atoms with van der Waals surface area (Å²) < 4.78 is 5.94. The van der Waals surface area contributed by atoms with E-state index < -0.39 is 5.60 Å². The van der Waals surface area contributed by atoms with Gasteiger partial charge in [-0.1, -0.05) is 48.5 Å². The van der Waals surface area contributed by atoms with Crippen molar-refractivity contribution in [1.29, 1.82) is 0 Å². The Morgan fingerprint density at radius 2 is 1.39 bits per heavy atom. The number of rotatable bonds is 0. The summed E-state index contributed by atoms with van der Waals surface area (Å²) >= 11 is 0. The molecule has 2 aromatic carbocycles. The number of carbonyl (C=O) groups is 3. The van der Waals surface area contributed by atoms with Crippen molar-refractivity contribution in [3.05, 3.63) is 70.8 Å². The molecule has 1 heterocycles. The quantitative estimate of drug-likeness (QED) is 0.642. The fraction of sp³-hybridized carbons (Fsp3) is 0.375. The number of ether oxygens (including phenoxy) is 1. The van der Waals surface area contributed by atoms with Crippen LogP contribution in [0.4, 0.5) is 0 Å². The van der Waals surface area contributed by atoms with Gasteiger partial charge in [0.25, 0.3) is 0 Å². The van der Waals surface area contributed by atoms with Gasteiger partial charge in [0.2, 0.25) is 0 Å². The smallest absolute Gasteiger partial charge is 0.307 e. The lowest BCUT2D eigenvalue weighted by Crippen LogP contribution is -2.41. The fourth-order valence-corrected chi connectivity index (χ4v) is 4.46. The molecule has 1 aliphatic carbocycles. The van der Waals surface area contributed by atoms with Crippen LogP contribution in [0.1, 0.15) is 65.6 Å². The first kappa shape index (κ1) is 18.6. The van der Waals surface area contributed by atoms with E-state index in [2.05, 4.69) is 0 Å². The van der Waals surface area contributed by atoms with Gasteiger partial charge in [-0.25, -0.2) is 0 Å². The molecular weight excluding hydrogens is 352 g/mol. The summed E-state index contributed by atoms with van der Waals surface area (Å²) in [6.45, 7) is 0. The average Bonchev–Trinajstić information content (AvgIpc) is 2.84. The number of hydrogen-bond acceptors (Lipinski definition) is 4. The number of carbonyl (C=O) groups excluding carboxylic acids is 3. The Bertz CT molecular complexity index is 930. The Balaban J connectivity index is 1.79. The Morgan fingerprint density at radius 3 is 2.25 bits per heavy atom. The van der Waals surface area contributed by atoms with Crippen molar-refractivity contribution in [1.82, 2.24) is 0 Å². The number of esters is 1. The van der Waals surface area contributed by atoms with Crippen LogP contribution in [0, 0.1) is 0 Å². The molecule has 1 atom stereocenters. The van der Waals surface area contributed by atoms with Gasteiger partial charge in [-0.3, -0.25) is 14.4 Å². The monoisotopic (exact) mass is 376 g/mol. The second-order valence-electron chi connectivity index (χ2n) is 7.67. The van der Waals surface area contributed by atoms with E-state index in [9.17, 15) is 14.4 Å². The summed E-state index contributed by atoms with van der Waals surface area (Å²) in [7, 11) is 0. The third-order valence-corrected chi connectivity index (χ3v) is 5.89. The van der Waals surface area contributed by atoms with Crippen molar-refractivity contribution in [3.8, 4) is 0 Å². The van der Waals surface area contributed by atoms with E-state index in [0.717, 1.165) is 29.5 Å². The van der Waals surface area contributed by atoms with Crippen LogP contribution in [0.15, 0.2) is 48.5 Å². The molecule has 4 nitrogen and oxygen atoms in total. The van der Waals surface area contributed by atoms with Gasteiger partial charge in [-0.15, -0.1) is 0 Å². The van der Waals surface area contributed by atoms with Crippen LogP contribution in [0.2, 0.25) is 0 Å². The SMILES string of the molecule is O=C1CCCc2ccccc2C(=O)CCC2(O1)C(=O)CCCc1ccccc12. The van der Waals surface area contributed by atoms with Crippen molar-refractivity contribution in [2.24, 2.45) is 0 Å². The molecule has 0 saturated heterocycles. The van der Waals surface area contributed by atoms with Crippen molar-refractivity contribution in [3.63, 3.8) is 0 Å². The van der Waals surface area contributed by atoms with Crippen molar-refractivity contribution >= 4 is 17.5 Å². The topological polar surface area (TPSA) is 60.4 Å². The lowest BCUT2D eigenvalue weighted by atomic mass is 9.81. The molecule has 28 heavy (non-hydrogen) atoms. The van der Waals surface area contributed by atoms with Crippen molar-refractivity contribution < 1.29 is 19.1 Å². The molecule has 0 radical (unpaired) electrons. The summed E-state index contributed by atoms with van der Waals surface area (Å²) in [4.78, 5) is 38.9. The van der Waals surface area contributed by atoms with E-state index in [1.807, 2.05) is 48.5 Å². The van der Waals surface area contributed by atoms with Gasteiger partial charge in [-0.2, -0.15) is 0 Å². The second kappa shape index (κ2) is 7.70. The highest BCUT2D eigenvalue weighted by Crippen LogP contribution is 2.40. The molecule has 1 aliphatic heterocycles. The second-order valence-corrected chi connectivity index (χ2v) is 7.67. The zero-order valence-corrected chi connectivity index (χ0v) is 15.9. The molecule has 4 rings (SSSR count). The van der Waals surface area contributed by atoms with Gasteiger partial charge in [0.05, 0.1) is 0 Å². The Labute approximate surface area is 164 Å². The Kier molecular flexibility index (Phi) is 5.12. The largest absolute Gasteiger partial charge is 0.446 e. The highest BCUT2D eigenvalue weighted by Gasteiger charge is 2.46. The summed E-state index contributed by atoms with van der Waals surface area (Å²) in [5.74, 6) is -0.453. The minimum absolute atomic E-state index is 0.00227. The first-order chi connectivity index (χ1) is 13.6. The fourth-order valence-electron chi connectivity index (χ4n) is 4.46. The predicted molar refractivity (Wildman–Crippen MR) is 105 cm³/mol. The van der Waals surface area contributed by atoms with Crippen LogP contribution in [-0.4, -0.2) is 17.5 Å². The Hall–Kier alpha value is -2.75. The van der Waals surface area contributed by atoms with Gasteiger partial charge < -0.3 is 4.74 Å². The van der Waals surface area contributed by atoms with Crippen molar-refractivity contribution in [2.45, 2.75) is 57.0 Å². The van der Waals surface area contributed by atoms with E-state index in [0.29, 0.717) is 24.8 Å². The summed E-state index contributed by atoms with van der Waals surface area (Å²) in [5, 5.41) is 0. The molecule has 4 heteroatoms. The van der Waals surface area contributed by atoms with Gasteiger partial charge in [0, 0.05) is 36.8 Å². The van der Waals surface area contributed by atoms with Crippen LogP contribution in [-0.2, 0) is 32.8 Å². The highest BCUT2D eigenvalue weighted by molar-refractivity contribution is 5.99. The van der Waals surface area contributed by atoms with Crippen LogP contribution < -0.4 is 0 Å². The third-order valence-electron chi connectivity index (χ3n) is 5.89. The molecule has 1 spiro atoms. The molecule has 0 fully saturated rings. The summed E-state index contributed by atoms with van der Waals surface area (Å²) in [5.41, 5.74) is 2.10. The maximum absolute atomic E-state index is 13.2. The zero-order valence-electron chi connectivity index (χ0n) is 15.9. The molecular formula is C24H24O4. The van der Waals surface area contributed by atoms with Crippen LogP contribution in [0.25, 0.3) is 0 Å². The summed E-state index contributed by atoms with van der Waals surface area (Å²) in [6, 6.07) is 15.2. The van der Waals surface area contributed by atoms with E-state index in [4.69, 9.17) is 4.74 Å². The average molecular weight is 376 g/mol. The Morgan fingerprint density at radius 1 is 0.714 bits per heavy atom. The standard InChI is InChI=1S/C24H24O4/c25-21-15-16-24(20-12-4-2-8-18(20)10-5-13-22(24)26)28-23(27)14-6-9-17-7-1-3-11-19(17)21/h1-4,7-8,11-12H,5-6,9-10,13-16H2. The van der Waals surface area contributed by atoms with Gasteiger partial charge in [0.1, 0.15) is 0 Å². The third kappa shape index (κ3) is 3.39. The van der Waals surface area contributed by atoms with Gasteiger partial charge >= 0.3 is 5.97 Å². The lowest BCUT2D eigenvalue weighted by molar-refractivity contribution is -0.170. The van der Waals surface area contributed by atoms with Gasteiger partial charge in [0.15, 0.2) is 17.2 Å². The van der Waals surface area contributed by atoms with Crippen molar-refractivity contribution in [2.75, 3.05) is 0 Å². The van der Waals surface area contributed by atoms with Gasteiger partial charge in [-0.05, 0) is 36.8 Å². The molecule has 144 valence electrons. The van der Waals surface area contributed by atoms with E-state index >= 15 is 0 Å². The first-order valence-electron chi connectivity index (χ1n) is 10.0. The molecule has 2 aliphatic rings. The maximum Gasteiger partial charge on any atom is 0.307 e. The predicted octanol–water partition coefficient (Wildman–Crippen LogP) is 4.33. The minimum atomic E-state index is -1.35. The highest BCUT2D eigenvalue weighted by atomic mass is 16.6. The number of ketones is 2. The number of Topliss-reactive ketones (excluding diaryl/α,β-unsaturated/α-hetero) is 2. The molecule has 0 amide bonds. The normalized spacial score (nSPS) is 23.2.